The number of hydrogen-bond acceptors (Lipinski definition) is 5. The molecule has 2 bridgehead atoms. The van der Waals surface area contributed by atoms with Gasteiger partial charge in [-0.15, -0.1) is 5.10 Å². The highest BCUT2D eigenvalue weighted by Crippen LogP contribution is 2.48. The lowest BCUT2D eigenvalue weighted by Crippen LogP contribution is -2.35. The number of nitrogens with zero attached hydrogens (tertiary/aromatic N) is 4. The summed E-state index contributed by atoms with van der Waals surface area (Å²) in [5.41, 5.74) is 0.659. The van der Waals surface area contributed by atoms with Crippen LogP contribution in [0.15, 0.2) is 24.5 Å². The van der Waals surface area contributed by atoms with E-state index in [1.807, 2.05) is 0 Å². The molecular formula is C17H14ClFN4O3. The first kappa shape index (κ1) is 15.9. The third-order valence-corrected chi connectivity index (χ3v) is 5.71. The second kappa shape index (κ2) is 5.59. The molecule has 9 heteroatoms. The van der Waals surface area contributed by atoms with Crippen LogP contribution >= 0.6 is 11.6 Å². The van der Waals surface area contributed by atoms with E-state index in [4.69, 9.17) is 16.3 Å². The van der Waals surface area contributed by atoms with Crippen molar-refractivity contribution in [2.75, 3.05) is 4.90 Å². The summed E-state index contributed by atoms with van der Waals surface area (Å²) >= 11 is 6.03. The van der Waals surface area contributed by atoms with Gasteiger partial charge in [-0.05, 0) is 30.5 Å². The highest BCUT2D eigenvalue weighted by Gasteiger charge is 2.63. The maximum atomic E-state index is 13.2. The summed E-state index contributed by atoms with van der Waals surface area (Å²) in [7, 11) is 0. The zero-order valence-electron chi connectivity index (χ0n) is 13.5. The van der Waals surface area contributed by atoms with Crippen LogP contribution < -0.4 is 4.90 Å². The van der Waals surface area contributed by atoms with Gasteiger partial charge in [0.25, 0.3) is 5.95 Å². The van der Waals surface area contributed by atoms with Crippen LogP contribution in [-0.2, 0) is 20.9 Å². The van der Waals surface area contributed by atoms with Crippen LogP contribution in [0.4, 0.5) is 10.3 Å². The Labute approximate surface area is 152 Å². The zero-order chi connectivity index (χ0) is 18.0. The molecular weight excluding hydrogens is 363 g/mol. The van der Waals surface area contributed by atoms with Gasteiger partial charge in [-0.25, -0.2) is 14.0 Å². The van der Waals surface area contributed by atoms with E-state index >= 15 is 0 Å². The molecule has 3 aliphatic rings. The van der Waals surface area contributed by atoms with Gasteiger partial charge in [0.05, 0.1) is 30.6 Å². The van der Waals surface area contributed by atoms with E-state index in [0.717, 1.165) is 17.7 Å². The minimum absolute atomic E-state index is 0.0621. The molecule has 3 aliphatic heterocycles. The van der Waals surface area contributed by atoms with Crippen molar-refractivity contribution in [2.45, 2.75) is 31.6 Å². The fraction of sp³-hybridized carbons (Fsp3) is 0.412. The van der Waals surface area contributed by atoms with E-state index in [2.05, 4.69) is 10.1 Å². The minimum atomic E-state index is -0.422. The van der Waals surface area contributed by atoms with Crippen LogP contribution in [-0.4, -0.2) is 38.8 Å². The summed E-state index contributed by atoms with van der Waals surface area (Å²) in [5.74, 6) is -1.77. The highest BCUT2D eigenvalue weighted by molar-refractivity contribution is 6.31. The van der Waals surface area contributed by atoms with Gasteiger partial charge >= 0.3 is 0 Å². The van der Waals surface area contributed by atoms with Crippen LogP contribution in [0.25, 0.3) is 0 Å². The molecule has 4 atom stereocenters. The number of carbonyl (C=O) groups excluding carboxylic acids is 2. The number of imide groups is 1. The van der Waals surface area contributed by atoms with Gasteiger partial charge in [0.2, 0.25) is 11.8 Å². The lowest BCUT2D eigenvalue weighted by Gasteiger charge is -2.14. The number of amides is 2. The SMILES string of the molecule is O=C1[C@@H]2[C@@H](C(=O)N1c1ncn(Cc3ccc(F)cc3Cl)n1)[C@H]1CC[C@H]2O1. The van der Waals surface area contributed by atoms with Gasteiger partial charge in [0.1, 0.15) is 12.1 Å². The van der Waals surface area contributed by atoms with E-state index in [1.54, 1.807) is 6.07 Å². The Bertz CT molecular complexity index is 904. The predicted molar refractivity (Wildman–Crippen MR) is 87.9 cm³/mol. The summed E-state index contributed by atoms with van der Waals surface area (Å²) in [6.07, 6.45) is 2.69. The smallest absolute Gasteiger partial charge is 0.258 e. The van der Waals surface area contributed by atoms with Gasteiger partial charge in [0.15, 0.2) is 0 Å². The number of ether oxygens (including phenoxy) is 1. The number of halogens is 2. The first-order chi connectivity index (χ1) is 12.5. The first-order valence-electron chi connectivity index (χ1n) is 8.39. The third kappa shape index (κ3) is 2.22. The van der Waals surface area contributed by atoms with Crippen LogP contribution in [0.1, 0.15) is 18.4 Å². The molecule has 3 saturated heterocycles. The average Bonchev–Trinajstić information content (AvgIpc) is 3.35. The van der Waals surface area contributed by atoms with Crippen LogP contribution in [0.2, 0.25) is 5.02 Å². The number of benzene rings is 1. The second-order valence-corrected chi connectivity index (χ2v) is 7.24. The lowest BCUT2D eigenvalue weighted by molar-refractivity contribution is -0.124. The van der Waals surface area contributed by atoms with E-state index < -0.39 is 17.7 Å². The molecule has 134 valence electrons. The Kier molecular flexibility index (Phi) is 3.42. The standard InChI is InChI=1S/C17H14ClFN4O3/c18-10-5-9(19)2-1-8(10)6-22-7-20-17(21-22)23-15(24)13-11-3-4-12(26-11)14(13)16(23)25/h1-2,5,7,11-14H,3-4,6H2/t11-,12-,13+,14+/m1/s1. The average molecular weight is 377 g/mol. The maximum absolute atomic E-state index is 13.2. The van der Waals surface area contributed by atoms with Crippen LogP contribution in [0.3, 0.4) is 0 Å². The van der Waals surface area contributed by atoms with Crippen molar-refractivity contribution < 1.29 is 18.7 Å². The topological polar surface area (TPSA) is 77.3 Å². The van der Waals surface area contributed by atoms with E-state index in [1.165, 1.54) is 23.1 Å². The number of carbonyl (C=O) groups is 2. The molecule has 2 amide bonds. The lowest BCUT2D eigenvalue weighted by atomic mass is 9.81. The third-order valence-electron chi connectivity index (χ3n) is 5.36. The molecule has 26 heavy (non-hydrogen) atoms. The molecule has 2 aromatic rings. The van der Waals surface area contributed by atoms with E-state index in [-0.39, 0.29) is 41.5 Å². The summed E-state index contributed by atoms with van der Waals surface area (Å²) < 4.78 is 20.3. The number of aromatic nitrogens is 3. The van der Waals surface area contributed by atoms with E-state index in [0.29, 0.717) is 5.56 Å². The quantitative estimate of drug-likeness (QED) is 0.763. The van der Waals surface area contributed by atoms with Gasteiger partial charge in [-0.3, -0.25) is 9.59 Å². The largest absolute Gasteiger partial charge is 0.373 e. The Balaban J connectivity index is 1.40. The number of rotatable bonds is 3. The van der Waals surface area contributed by atoms with Gasteiger partial charge in [-0.1, -0.05) is 17.7 Å². The van der Waals surface area contributed by atoms with Crippen LogP contribution in [0, 0.1) is 17.7 Å². The van der Waals surface area contributed by atoms with Crippen molar-refractivity contribution in [3.63, 3.8) is 0 Å². The van der Waals surface area contributed by atoms with Crippen molar-refractivity contribution in [1.82, 2.24) is 14.8 Å². The van der Waals surface area contributed by atoms with Crippen molar-refractivity contribution in [2.24, 2.45) is 11.8 Å². The monoisotopic (exact) mass is 376 g/mol. The van der Waals surface area contributed by atoms with Crippen molar-refractivity contribution in [3.05, 3.63) is 40.9 Å². The molecule has 0 radical (unpaired) electrons. The number of anilines is 1. The Morgan fingerprint density at radius 3 is 2.54 bits per heavy atom. The summed E-state index contributed by atoms with van der Waals surface area (Å²) in [6, 6.07) is 4.09. The molecule has 3 fully saturated rings. The predicted octanol–water partition coefficient (Wildman–Crippen LogP) is 1.79. The summed E-state index contributed by atoms with van der Waals surface area (Å²) in [5, 5.41) is 4.52. The summed E-state index contributed by atoms with van der Waals surface area (Å²) in [4.78, 5) is 30.6. The van der Waals surface area contributed by atoms with Crippen molar-refractivity contribution >= 4 is 29.4 Å². The number of fused-ring (bicyclic) bond motifs is 5. The molecule has 0 N–H and O–H groups in total. The molecule has 0 aliphatic carbocycles. The molecule has 4 heterocycles. The Hall–Kier alpha value is -2.32. The first-order valence-corrected chi connectivity index (χ1v) is 8.77. The van der Waals surface area contributed by atoms with Gasteiger partial charge < -0.3 is 4.74 Å². The molecule has 0 unspecified atom stereocenters. The summed E-state index contributed by atoms with van der Waals surface area (Å²) in [6.45, 7) is 0.254. The maximum Gasteiger partial charge on any atom is 0.258 e. The van der Waals surface area contributed by atoms with Gasteiger partial charge in [-0.2, -0.15) is 4.98 Å². The highest BCUT2D eigenvalue weighted by atomic mass is 35.5. The van der Waals surface area contributed by atoms with Crippen molar-refractivity contribution in [3.8, 4) is 0 Å². The fourth-order valence-electron chi connectivity index (χ4n) is 4.20. The number of hydrogen-bond donors (Lipinski definition) is 0. The Morgan fingerprint density at radius 2 is 1.88 bits per heavy atom. The van der Waals surface area contributed by atoms with Crippen LogP contribution in [0.5, 0.6) is 0 Å². The van der Waals surface area contributed by atoms with Crippen molar-refractivity contribution in [1.29, 1.82) is 0 Å². The zero-order valence-corrected chi connectivity index (χ0v) is 14.3. The Morgan fingerprint density at radius 1 is 1.19 bits per heavy atom. The molecule has 1 aromatic heterocycles. The molecule has 0 spiro atoms. The van der Waals surface area contributed by atoms with Gasteiger partial charge in [0, 0.05) is 5.02 Å². The molecule has 5 rings (SSSR count). The fourth-order valence-corrected chi connectivity index (χ4v) is 4.42. The molecule has 7 nitrogen and oxygen atoms in total. The van der Waals surface area contributed by atoms with E-state index in [9.17, 15) is 14.0 Å². The molecule has 0 saturated carbocycles. The molecule has 1 aromatic carbocycles. The normalized spacial score (nSPS) is 29.7. The second-order valence-electron chi connectivity index (χ2n) is 6.83. The minimum Gasteiger partial charge on any atom is -0.373 e.